The molecule has 0 saturated carbocycles. The fourth-order valence-electron chi connectivity index (χ4n) is 2.13. The van der Waals surface area contributed by atoms with E-state index < -0.39 is 22.2 Å². The molecule has 0 bridgehead atoms. The molecule has 3 rings (SSSR count). The highest BCUT2D eigenvalue weighted by molar-refractivity contribution is 5.69. The molecule has 0 amide bonds. The lowest BCUT2D eigenvalue weighted by molar-refractivity contribution is -0.385. The highest BCUT2D eigenvalue weighted by atomic mass is 19.1. The van der Waals surface area contributed by atoms with E-state index in [1.54, 1.807) is 24.3 Å². The van der Waals surface area contributed by atoms with Crippen molar-refractivity contribution in [1.29, 1.82) is 0 Å². The molecule has 1 aromatic heterocycles. The molecular formula is C17H12F2N4O3. The van der Waals surface area contributed by atoms with Crippen LogP contribution in [0.5, 0.6) is 11.6 Å². The largest absolute Gasteiger partial charge is 0.434 e. The summed E-state index contributed by atoms with van der Waals surface area (Å²) < 4.78 is 32.6. The van der Waals surface area contributed by atoms with Crippen LogP contribution in [0.4, 0.5) is 26.0 Å². The van der Waals surface area contributed by atoms with Gasteiger partial charge >= 0.3 is 11.6 Å². The van der Waals surface area contributed by atoms with Crippen LogP contribution in [-0.4, -0.2) is 14.9 Å². The van der Waals surface area contributed by atoms with Crippen LogP contribution in [0.25, 0.3) is 0 Å². The van der Waals surface area contributed by atoms with Crippen LogP contribution in [0.2, 0.25) is 0 Å². The number of nitrogens with zero attached hydrogens (tertiary/aromatic N) is 3. The van der Waals surface area contributed by atoms with Crippen molar-refractivity contribution < 1.29 is 18.4 Å². The zero-order valence-electron chi connectivity index (χ0n) is 13.4. The lowest BCUT2D eigenvalue weighted by Gasteiger charge is -2.10. The van der Waals surface area contributed by atoms with Gasteiger partial charge in [-0.15, -0.1) is 0 Å². The van der Waals surface area contributed by atoms with Gasteiger partial charge in [-0.05, 0) is 31.2 Å². The number of rotatable bonds is 5. The van der Waals surface area contributed by atoms with Gasteiger partial charge in [-0.3, -0.25) is 10.1 Å². The van der Waals surface area contributed by atoms with Crippen molar-refractivity contribution in [2.45, 2.75) is 6.92 Å². The Morgan fingerprint density at radius 3 is 2.54 bits per heavy atom. The van der Waals surface area contributed by atoms with Crippen LogP contribution in [0.15, 0.2) is 48.8 Å². The molecular weight excluding hydrogens is 346 g/mol. The third-order valence-electron chi connectivity index (χ3n) is 3.39. The van der Waals surface area contributed by atoms with E-state index in [1.807, 2.05) is 6.92 Å². The highest BCUT2D eigenvalue weighted by Crippen LogP contribution is 2.35. The summed E-state index contributed by atoms with van der Waals surface area (Å²) in [5, 5.41) is 13.9. The number of nitro groups is 1. The van der Waals surface area contributed by atoms with E-state index in [1.165, 1.54) is 0 Å². The second-order valence-electron chi connectivity index (χ2n) is 5.30. The first-order chi connectivity index (χ1) is 12.4. The maximum absolute atomic E-state index is 13.8. The van der Waals surface area contributed by atoms with Crippen molar-refractivity contribution >= 4 is 17.2 Å². The predicted octanol–water partition coefficient (Wildman–Crippen LogP) is 4.51. The van der Waals surface area contributed by atoms with Gasteiger partial charge in [0.2, 0.25) is 5.82 Å². The second kappa shape index (κ2) is 7.09. The van der Waals surface area contributed by atoms with Gasteiger partial charge in [-0.25, -0.2) is 13.8 Å². The number of hydrogen-bond acceptors (Lipinski definition) is 6. The number of aryl methyl sites for hydroxylation is 1. The average Bonchev–Trinajstić information content (AvgIpc) is 2.60. The van der Waals surface area contributed by atoms with Crippen molar-refractivity contribution in [3.8, 4) is 11.6 Å². The molecule has 1 heterocycles. The summed E-state index contributed by atoms with van der Waals surface area (Å²) in [7, 11) is 0. The van der Waals surface area contributed by atoms with Gasteiger partial charge in [0.25, 0.3) is 0 Å². The Kier molecular flexibility index (Phi) is 4.70. The lowest BCUT2D eigenvalue weighted by Crippen LogP contribution is -2.04. The molecule has 0 saturated heterocycles. The third kappa shape index (κ3) is 3.72. The minimum absolute atomic E-state index is 0.298. The van der Waals surface area contributed by atoms with Crippen molar-refractivity contribution in [3.05, 3.63) is 76.1 Å². The topological polar surface area (TPSA) is 90.2 Å². The number of halogens is 2. The molecule has 7 nitrogen and oxygen atoms in total. The Morgan fingerprint density at radius 2 is 1.85 bits per heavy atom. The van der Waals surface area contributed by atoms with Crippen LogP contribution in [0.3, 0.4) is 0 Å². The summed E-state index contributed by atoms with van der Waals surface area (Å²) in [6.07, 6.45) is 1.02. The predicted molar refractivity (Wildman–Crippen MR) is 89.6 cm³/mol. The molecule has 0 aliphatic rings. The van der Waals surface area contributed by atoms with Crippen LogP contribution in [-0.2, 0) is 0 Å². The summed E-state index contributed by atoms with van der Waals surface area (Å²) >= 11 is 0. The van der Waals surface area contributed by atoms with Crippen molar-refractivity contribution in [2.75, 3.05) is 5.32 Å². The van der Waals surface area contributed by atoms with Gasteiger partial charge in [0.15, 0.2) is 0 Å². The van der Waals surface area contributed by atoms with Gasteiger partial charge in [-0.1, -0.05) is 17.7 Å². The minimum atomic E-state index is -0.791. The molecule has 0 spiro atoms. The zero-order valence-corrected chi connectivity index (χ0v) is 13.4. The highest BCUT2D eigenvalue weighted by Gasteiger charge is 2.26. The fourth-order valence-corrected chi connectivity index (χ4v) is 2.13. The molecule has 1 N–H and O–H groups in total. The quantitative estimate of drug-likeness (QED) is 0.533. The van der Waals surface area contributed by atoms with E-state index in [0.717, 1.165) is 30.1 Å². The molecule has 2 aromatic carbocycles. The third-order valence-corrected chi connectivity index (χ3v) is 3.39. The van der Waals surface area contributed by atoms with Gasteiger partial charge in [-0.2, -0.15) is 4.98 Å². The maximum atomic E-state index is 13.8. The maximum Gasteiger partial charge on any atom is 0.373 e. The smallest absolute Gasteiger partial charge is 0.373 e. The fraction of sp³-hybridized carbons (Fsp3) is 0.0588. The van der Waals surface area contributed by atoms with E-state index >= 15 is 0 Å². The zero-order chi connectivity index (χ0) is 18.7. The molecule has 0 atom stereocenters. The number of benzene rings is 2. The van der Waals surface area contributed by atoms with Gasteiger partial charge in [0, 0.05) is 6.07 Å². The first-order valence-electron chi connectivity index (χ1n) is 7.40. The second-order valence-corrected chi connectivity index (χ2v) is 5.30. The SMILES string of the molecule is Cc1ccc(Oc2ncnc(Nc3cc(F)ccc3F)c2[N+](=O)[O-])cc1. The summed E-state index contributed by atoms with van der Waals surface area (Å²) in [6.45, 7) is 1.88. The summed E-state index contributed by atoms with van der Waals surface area (Å²) in [5.41, 5.74) is 0.0864. The normalized spacial score (nSPS) is 10.4. The lowest BCUT2D eigenvalue weighted by atomic mass is 10.2. The molecule has 0 fully saturated rings. The Hall–Kier alpha value is -3.62. The molecule has 0 aliphatic carbocycles. The van der Waals surface area contributed by atoms with E-state index in [-0.39, 0.29) is 17.4 Å². The molecule has 132 valence electrons. The van der Waals surface area contributed by atoms with Crippen LogP contribution in [0.1, 0.15) is 5.56 Å². The monoisotopic (exact) mass is 358 g/mol. The van der Waals surface area contributed by atoms with Crippen LogP contribution < -0.4 is 10.1 Å². The van der Waals surface area contributed by atoms with Crippen molar-refractivity contribution in [2.24, 2.45) is 0 Å². The summed E-state index contributed by atoms with van der Waals surface area (Å²) in [6, 6.07) is 9.48. The summed E-state index contributed by atoms with van der Waals surface area (Å²) in [4.78, 5) is 18.2. The average molecular weight is 358 g/mol. The van der Waals surface area contributed by atoms with E-state index in [0.29, 0.717) is 5.75 Å². The van der Waals surface area contributed by atoms with Gasteiger partial charge < -0.3 is 10.1 Å². The number of aromatic nitrogens is 2. The van der Waals surface area contributed by atoms with Crippen molar-refractivity contribution in [1.82, 2.24) is 9.97 Å². The number of hydrogen-bond donors (Lipinski definition) is 1. The number of nitrogens with one attached hydrogen (secondary N) is 1. The number of ether oxygens (including phenoxy) is 1. The standard InChI is InChI=1S/C17H12F2N4O3/c1-10-2-5-12(6-3-10)26-17-15(23(24)25)16(20-9-21-17)22-14-8-11(18)4-7-13(14)19/h2-9H,1H3,(H,20,21,22). The molecule has 0 aliphatic heterocycles. The Labute approximate surface area is 146 Å². The van der Waals surface area contributed by atoms with E-state index in [2.05, 4.69) is 15.3 Å². The Morgan fingerprint density at radius 1 is 1.12 bits per heavy atom. The number of anilines is 2. The van der Waals surface area contributed by atoms with Crippen LogP contribution in [0, 0.1) is 28.7 Å². The first kappa shape index (κ1) is 17.2. The van der Waals surface area contributed by atoms with E-state index in [4.69, 9.17) is 4.74 Å². The molecule has 0 unspecified atom stereocenters. The van der Waals surface area contributed by atoms with E-state index in [9.17, 15) is 18.9 Å². The van der Waals surface area contributed by atoms with Crippen molar-refractivity contribution in [3.63, 3.8) is 0 Å². The summed E-state index contributed by atoms with van der Waals surface area (Å²) in [5.74, 6) is -1.81. The minimum Gasteiger partial charge on any atom is -0.434 e. The van der Waals surface area contributed by atoms with Gasteiger partial charge in [0.1, 0.15) is 23.7 Å². The van der Waals surface area contributed by atoms with Gasteiger partial charge in [0.05, 0.1) is 10.6 Å². The Bertz CT molecular complexity index is 965. The molecule has 3 aromatic rings. The molecule has 0 radical (unpaired) electrons. The van der Waals surface area contributed by atoms with Crippen LogP contribution >= 0.6 is 0 Å². The molecule has 9 heteroatoms. The molecule has 26 heavy (non-hydrogen) atoms. The Balaban J connectivity index is 1.99. The first-order valence-corrected chi connectivity index (χ1v) is 7.40.